The van der Waals surface area contributed by atoms with E-state index >= 15 is 0 Å². The molecule has 0 aliphatic rings. The summed E-state index contributed by atoms with van der Waals surface area (Å²) < 4.78 is 13.0. The summed E-state index contributed by atoms with van der Waals surface area (Å²) in [6, 6.07) is 6.07. The Labute approximate surface area is 120 Å². The second-order valence-electron chi connectivity index (χ2n) is 5.37. The highest BCUT2D eigenvalue weighted by Gasteiger charge is 2.38. The number of nitrogens with zero attached hydrogens (tertiary/aromatic N) is 1. The summed E-state index contributed by atoms with van der Waals surface area (Å²) in [5, 5.41) is 9.66. The Morgan fingerprint density at radius 1 is 1.20 bits per heavy atom. The zero-order valence-electron chi connectivity index (χ0n) is 12.5. The van der Waals surface area contributed by atoms with E-state index in [9.17, 15) is 14.3 Å². The molecule has 0 saturated heterocycles. The lowest BCUT2D eigenvalue weighted by molar-refractivity contribution is -0.150. The van der Waals surface area contributed by atoms with E-state index in [1.54, 1.807) is 19.1 Å². The van der Waals surface area contributed by atoms with E-state index in [-0.39, 0.29) is 5.82 Å². The number of aliphatic carboxylic acids is 1. The van der Waals surface area contributed by atoms with Crippen molar-refractivity contribution in [2.45, 2.75) is 45.6 Å². The van der Waals surface area contributed by atoms with E-state index in [0.717, 1.165) is 31.5 Å². The molecule has 1 rings (SSSR count). The first-order valence-electron chi connectivity index (χ1n) is 7.17. The Balaban J connectivity index is 3.00. The van der Waals surface area contributed by atoms with Gasteiger partial charge >= 0.3 is 5.97 Å². The average molecular weight is 281 g/mol. The maximum Gasteiger partial charge on any atom is 0.324 e. The summed E-state index contributed by atoms with van der Waals surface area (Å²) in [4.78, 5) is 13.8. The van der Waals surface area contributed by atoms with Gasteiger partial charge in [0, 0.05) is 6.42 Å². The van der Waals surface area contributed by atoms with Gasteiger partial charge in [0.2, 0.25) is 0 Å². The number of carbonyl (C=O) groups is 1. The third-order valence-electron chi connectivity index (χ3n) is 3.61. The van der Waals surface area contributed by atoms with Crippen LogP contribution in [0.5, 0.6) is 0 Å². The Hall–Kier alpha value is -1.42. The molecule has 0 aliphatic carbocycles. The van der Waals surface area contributed by atoms with Crippen LogP contribution >= 0.6 is 0 Å². The molecule has 0 amide bonds. The summed E-state index contributed by atoms with van der Waals surface area (Å²) in [5.74, 6) is -1.13. The summed E-state index contributed by atoms with van der Waals surface area (Å²) in [6.45, 7) is 7.34. The third-order valence-corrected chi connectivity index (χ3v) is 3.61. The molecule has 0 radical (unpaired) electrons. The standard InChI is InChI=1S/C16H24FNO2/c1-4-10-18(11-5-2)16(3,15(19)20)12-13-6-8-14(17)9-7-13/h6-9H,4-5,10-12H2,1-3H3,(H,19,20). The second kappa shape index (κ2) is 7.39. The average Bonchev–Trinajstić information content (AvgIpc) is 2.41. The monoisotopic (exact) mass is 281 g/mol. The summed E-state index contributed by atoms with van der Waals surface area (Å²) in [7, 11) is 0. The molecule has 20 heavy (non-hydrogen) atoms. The minimum Gasteiger partial charge on any atom is -0.480 e. The van der Waals surface area contributed by atoms with Crippen molar-refractivity contribution in [2.75, 3.05) is 13.1 Å². The molecule has 4 heteroatoms. The molecule has 1 aromatic rings. The van der Waals surface area contributed by atoms with Gasteiger partial charge < -0.3 is 5.11 Å². The van der Waals surface area contributed by atoms with Crippen LogP contribution in [0.3, 0.4) is 0 Å². The van der Waals surface area contributed by atoms with Gasteiger partial charge in [-0.2, -0.15) is 0 Å². The number of carboxylic acid groups (broad SMARTS) is 1. The van der Waals surface area contributed by atoms with Crippen LogP contribution in [0.2, 0.25) is 0 Å². The maximum absolute atomic E-state index is 13.0. The molecular weight excluding hydrogens is 257 g/mol. The van der Waals surface area contributed by atoms with Gasteiger partial charge in [-0.25, -0.2) is 4.39 Å². The van der Waals surface area contributed by atoms with Gasteiger partial charge in [-0.3, -0.25) is 9.69 Å². The van der Waals surface area contributed by atoms with Gasteiger partial charge in [-0.15, -0.1) is 0 Å². The van der Waals surface area contributed by atoms with Crippen molar-refractivity contribution in [2.24, 2.45) is 0 Å². The Morgan fingerprint density at radius 3 is 2.10 bits per heavy atom. The molecule has 0 fully saturated rings. The molecule has 0 bridgehead atoms. The van der Waals surface area contributed by atoms with Gasteiger partial charge in [0.15, 0.2) is 0 Å². The lowest BCUT2D eigenvalue weighted by Gasteiger charge is -2.38. The van der Waals surface area contributed by atoms with Crippen molar-refractivity contribution in [1.29, 1.82) is 0 Å². The van der Waals surface area contributed by atoms with Crippen molar-refractivity contribution in [3.8, 4) is 0 Å². The largest absolute Gasteiger partial charge is 0.480 e. The highest BCUT2D eigenvalue weighted by Crippen LogP contribution is 2.22. The summed E-state index contributed by atoms with van der Waals surface area (Å²) in [5.41, 5.74) is -0.113. The van der Waals surface area contributed by atoms with Crippen LogP contribution in [0.15, 0.2) is 24.3 Å². The lowest BCUT2D eigenvalue weighted by Crippen LogP contribution is -2.54. The van der Waals surface area contributed by atoms with Crippen LogP contribution < -0.4 is 0 Å². The van der Waals surface area contributed by atoms with Crippen molar-refractivity contribution in [3.05, 3.63) is 35.6 Å². The molecule has 1 aromatic carbocycles. The number of benzene rings is 1. The number of carboxylic acids is 1. The SMILES string of the molecule is CCCN(CCC)C(C)(Cc1ccc(F)cc1)C(=O)O. The minimum absolute atomic E-state index is 0.301. The van der Waals surface area contributed by atoms with E-state index in [0.29, 0.717) is 6.42 Å². The molecule has 0 saturated carbocycles. The first-order valence-corrected chi connectivity index (χ1v) is 7.17. The Kier molecular flexibility index (Phi) is 6.14. The Morgan fingerprint density at radius 2 is 1.70 bits per heavy atom. The number of halogens is 1. The quantitative estimate of drug-likeness (QED) is 0.794. The van der Waals surface area contributed by atoms with Crippen LogP contribution in [-0.2, 0) is 11.2 Å². The van der Waals surface area contributed by atoms with E-state index in [4.69, 9.17) is 0 Å². The number of rotatable bonds is 8. The van der Waals surface area contributed by atoms with Crippen LogP contribution in [-0.4, -0.2) is 34.6 Å². The van der Waals surface area contributed by atoms with Crippen molar-refractivity contribution in [3.63, 3.8) is 0 Å². The van der Waals surface area contributed by atoms with Crippen LogP contribution in [0.4, 0.5) is 4.39 Å². The first kappa shape index (κ1) is 16.6. The molecule has 0 aromatic heterocycles. The zero-order chi connectivity index (χ0) is 15.2. The van der Waals surface area contributed by atoms with E-state index in [1.807, 2.05) is 18.7 Å². The predicted octanol–water partition coefficient (Wildman–Crippen LogP) is 3.33. The molecule has 1 atom stereocenters. The van der Waals surface area contributed by atoms with Crippen LogP contribution in [0.25, 0.3) is 0 Å². The van der Waals surface area contributed by atoms with Gasteiger partial charge in [-0.05, 0) is 50.6 Å². The molecule has 1 unspecified atom stereocenters. The highest BCUT2D eigenvalue weighted by molar-refractivity contribution is 5.78. The number of hydrogen-bond acceptors (Lipinski definition) is 2. The van der Waals surface area contributed by atoms with Crippen molar-refractivity contribution in [1.82, 2.24) is 4.90 Å². The zero-order valence-corrected chi connectivity index (χ0v) is 12.5. The Bertz CT molecular complexity index is 427. The smallest absolute Gasteiger partial charge is 0.324 e. The topological polar surface area (TPSA) is 40.5 Å². The molecular formula is C16H24FNO2. The molecule has 0 aliphatic heterocycles. The number of hydrogen-bond donors (Lipinski definition) is 1. The normalized spacial score (nSPS) is 14.2. The summed E-state index contributed by atoms with van der Waals surface area (Å²) >= 11 is 0. The van der Waals surface area contributed by atoms with Crippen molar-refractivity contribution < 1.29 is 14.3 Å². The fourth-order valence-electron chi connectivity index (χ4n) is 2.47. The lowest BCUT2D eigenvalue weighted by atomic mass is 9.90. The minimum atomic E-state index is -0.955. The van der Waals surface area contributed by atoms with E-state index < -0.39 is 11.5 Å². The van der Waals surface area contributed by atoms with Crippen LogP contribution in [0, 0.1) is 5.82 Å². The van der Waals surface area contributed by atoms with Gasteiger partial charge in [0.25, 0.3) is 0 Å². The van der Waals surface area contributed by atoms with E-state index in [1.165, 1.54) is 12.1 Å². The fraction of sp³-hybridized carbons (Fsp3) is 0.562. The molecule has 3 nitrogen and oxygen atoms in total. The molecule has 112 valence electrons. The maximum atomic E-state index is 13.0. The van der Waals surface area contributed by atoms with Gasteiger partial charge in [-0.1, -0.05) is 26.0 Å². The third kappa shape index (κ3) is 4.04. The second-order valence-corrected chi connectivity index (χ2v) is 5.37. The molecule has 0 spiro atoms. The van der Waals surface area contributed by atoms with Gasteiger partial charge in [0.1, 0.15) is 11.4 Å². The van der Waals surface area contributed by atoms with Gasteiger partial charge in [0.05, 0.1) is 0 Å². The van der Waals surface area contributed by atoms with Crippen molar-refractivity contribution >= 4 is 5.97 Å². The summed E-state index contributed by atoms with van der Waals surface area (Å²) in [6.07, 6.45) is 2.20. The fourth-order valence-corrected chi connectivity index (χ4v) is 2.47. The highest BCUT2D eigenvalue weighted by atomic mass is 19.1. The molecule has 1 N–H and O–H groups in total. The van der Waals surface area contributed by atoms with Crippen LogP contribution in [0.1, 0.15) is 39.2 Å². The first-order chi connectivity index (χ1) is 9.43. The molecule has 0 heterocycles. The van der Waals surface area contributed by atoms with E-state index in [2.05, 4.69) is 0 Å². The predicted molar refractivity (Wildman–Crippen MR) is 78.3 cm³/mol.